The molecule has 0 unspecified atom stereocenters. The summed E-state index contributed by atoms with van der Waals surface area (Å²) in [5.74, 6) is 0.780. The van der Waals surface area contributed by atoms with Gasteiger partial charge in [-0.15, -0.1) is 0 Å². The molecule has 2 radical (unpaired) electrons. The zero-order valence-corrected chi connectivity index (χ0v) is 9.67. The molecule has 0 fully saturated rings. The molecule has 0 heterocycles. The molecular formula is C8H10O2Sn. The van der Waals surface area contributed by atoms with E-state index < -0.39 is 0 Å². The molecule has 11 heavy (non-hydrogen) atoms. The first-order valence-corrected chi connectivity index (χ1v) is 5.67. The first kappa shape index (κ1) is 8.71. The molecule has 0 aliphatic heterocycles. The van der Waals surface area contributed by atoms with Crippen LogP contribution in [0.25, 0.3) is 0 Å². The summed E-state index contributed by atoms with van der Waals surface area (Å²) < 4.78 is 6.04. The Bertz CT molecular complexity index is 248. The number of methoxy groups -OCH3 is 1. The van der Waals surface area contributed by atoms with Gasteiger partial charge in [0.15, 0.2) is 0 Å². The molecule has 0 bridgehead atoms. The van der Waals surface area contributed by atoms with E-state index in [0.717, 1.165) is 4.44 Å². The standard InChI is InChI=1S/C8H9O2.Sn.H/c1-6-3-4-7(9)8(5-6)10-2;;/h3-5,9H,1H2,2H3;;. The first-order valence-electron chi connectivity index (χ1n) is 3.34. The van der Waals surface area contributed by atoms with Gasteiger partial charge in [-0.2, -0.15) is 0 Å². The van der Waals surface area contributed by atoms with Crippen LogP contribution in [0, 0.1) is 0 Å². The number of hydrogen-bond donors (Lipinski definition) is 1. The molecule has 0 aromatic heterocycles. The third-order valence-corrected chi connectivity index (χ3v) is 2.83. The normalized spacial score (nSPS) is 9.64. The van der Waals surface area contributed by atoms with Gasteiger partial charge in [0.25, 0.3) is 0 Å². The number of benzene rings is 1. The minimum absolute atomic E-state index is 0.213. The van der Waals surface area contributed by atoms with E-state index in [9.17, 15) is 5.11 Å². The Labute approximate surface area is 79.3 Å². The van der Waals surface area contributed by atoms with Crippen molar-refractivity contribution in [1.82, 2.24) is 0 Å². The predicted molar refractivity (Wildman–Crippen MR) is 45.5 cm³/mol. The fourth-order valence-corrected chi connectivity index (χ4v) is 1.57. The third-order valence-electron chi connectivity index (χ3n) is 1.48. The van der Waals surface area contributed by atoms with E-state index >= 15 is 0 Å². The molecule has 58 valence electrons. The van der Waals surface area contributed by atoms with Crippen LogP contribution < -0.4 is 4.74 Å². The maximum atomic E-state index is 9.22. The van der Waals surface area contributed by atoms with Gasteiger partial charge in [0, 0.05) is 0 Å². The fourth-order valence-electron chi connectivity index (χ4n) is 0.849. The topological polar surface area (TPSA) is 29.5 Å². The van der Waals surface area contributed by atoms with Crippen molar-refractivity contribution < 1.29 is 9.84 Å². The van der Waals surface area contributed by atoms with E-state index in [1.807, 2.05) is 12.1 Å². The second-order valence-corrected chi connectivity index (χ2v) is 3.38. The Hall–Kier alpha value is -0.381. The molecule has 0 saturated heterocycles. The molecular weight excluding hydrogens is 247 g/mol. The zero-order chi connectivity index (χ0) is 8.27. The Balaban J connectivity index is 3.02. The third kappa shape index (κ3) is 2.02. The molecule has 1 aromatic carbocycles. The van der Waals surface area contributed by atoms with Crippen LogP contribution in [0.4, 0.5) is 0 Å². The molecule has 0 saturated carbocycles. The van der Waals surface area contributed by atoms with Crippen molar-refractivity contribution in [2.45, 2.75) is 4.44 Å². The summed E-state index contributed by atoms with van der Waals surface area (Å²) in [6, 6.07) is 5.47. The fraction of sp³-hybridized carbons (Fsp3) is 0.250. The van der Waals surface area contributed by atoms with Crippen LogP contribution in [0.5, 0.6) is 11.5 Å². The maximum absolute atomic E-state index is 9.22. The average Bonchev–Trinajstić information content (AvgIpc) is 2.05. The number of rotatable bonds is 2. The van der Waals surface area contributed by atoms with Gasteiger partial charge in [-0.1, -0.05) is 0 Å². The quantitative estimate of drug-likeness (QED) is 0.794. The molecule has 0 atom stereocenters. The Morgan fingerprint density at radius 1 is 1.55 bits per heavy atom. The van der Waals surface area contributed by atoms with Crippen LogP contribution in [-0.2, 0) is 4.44 Å². The van der Waals surface area contributed by atoms with Crippen molar-refractivity contribution in [3.63, 3.8) is 0 Å². The van der Waals surface area contributed by atoms with E-state index in [1.165, 1.54) is 28.1 Å². The van der Waals surface area contributed by atoms with Crippen molar-refractivity contribution in [1.29, 1.82) is 0 Å². The number of phenolic OH excluding ortho intramolecular Hbond substituents is 1. The van der Waals surface area contributed by atoms with Crippen LogP contribution in [0.2, 0.25) is 0 Å². The van der Waals surface area contributed by atoms with Gasteiger partial charge in [-0.05, 0) is 0 Å². The van der Waals surface area contributed by atoms with Crippen molar-refractivity contribution in [2.24, 2.45) is 0 Å². The van der Waals surface area contributed by atoms with Crippen molar-refractivity contribution in [3.05, 3.63) is 23.8 Å². The van der Waals surface area contributed by atoms with Gasteiger partial charge >= 0.3 is 79.2 Å². The summed E-state index contributed by atoms with van der Waals surface area (Å²) in [5.41, 5.74) is 1.22. The summed E-state index contributed by atoms with van der Waals surface area (Å²) in [4.78, 5) is 0. The molecule has 3 heteroatoms. The van der Waals surface area contributed by atoms with Gasteiger partial charge < -0.3 is 0 Å². The van der Waals surface area contributed by atoms with Crippen LogP contribution >= 0.6 is 0 Å². The van der Waals surface area contributed by atoms with E-state index in [0.29, 0.717) is 5.75 Å². The summed E-state index contributed by atoms with van der Waals surface area (Å²) in [7, 11) is 1.56. The van der Waals surface area contributed by atoms with Gasteiger partial charge in [0.1, 0.15) is 0 Å². The molecule has 0 aliphatic rings. The second kappa shape index (κ2) is 3.85. The van der Waals surface area contributed by atoms with Crippen LogP contribution in [-0.4, -0.2) is 34.7 Å². The summed E-state index contributed by atoms with van der Waals surface area (Å²) in [6.45, 7) is 0. The molecule has 0 amide bonds. The Morgan fingerprint density at radius 2 is 2.27 bits per heavy atom. The van der Waals surface area contributed by atoms with Gasteiger partial charge in [-0.3, -0.25) is 0 Å². The van der Waals surface area contributed by atoms with Crippen molar-refractivity contribution >= 4 is 22.5 Å². The molecule has 0 aliphatic carbocycles. The molecule has 2 nitrogen and oxygen atoms in total. The van der Waals surface area contributed by atoms with Gasteiger partial charge in [0.05, 0.1) is 0 Å². The molecule has 1 N–H and O–H groups in total. The Morgan fingerprint density at radius 3 is 2.82 bits per heavy atom. The first-order chi connectivity index (χ1) is 5.27. The molecule has 0 spiro atoms. The number of hydrogen-bond acceptors (Lipinski definition) is 2. The number of aromatic hydroxyl groups is 1. The summed E-state index contributed by atoms with van der Waals surface area (Å²) in [6.07, 6.45) is 0. The number of ether oxygens (including phenoxy) is 1. The SMILES string of the molecule is COc1cc([CH2][SnH])ccc1O. The van der Waals surface area contributed by atoms with Crippen LogP contribution in [0.1, 0.15) is 5.56 Å². The van der Waals surface area contributed by atoms with E-state index in [2.05, 4.69) is 0 Å². The summed E-state index contributed by atoms with van der Waals surface area (Å²) >= 11 is 1.20. The van der Waals surface area contributed by atoms with E-state index in [-0.39, 0.29) is 5.75 Å². The molecule has 1 aromatic rings. The minimum atomic E-state index is 0.213. The zero-order valence-electron chi connectivity index (χ0n) is 6.37. The summed E-state index contributed by atoms with van der Waals surface area (Å²) in [5, 5.41) is 9.22. The van der Waals surface area contributed by atoms with Gasteiger partial charge in [-0.25, -0.2) is 0 Å². The van der Waals surface area contributed by atoms with E-state index in [4.69, 9.17) is 4.74 Å². The van der Waals surface area contributed by atoms with Crippen LogP contribution in [0.15, 0.2) is 18.2 Å². The second-order valence-electron chi connectivity index (χ2n) is 2.21. The average molecular weight is 257 g/mol. The molecule has 1 rings (SSSR count). The van der Waals surface area contributed by atoms with Crippen LogP contribution in [0.3, 0.4) is 0 Å². The van der Waals surface area contributed by atoms with Crippen molar-refractivity contribution in [3.8, 4) is 11.5 Å². The van der Waals surface area contributed by atoms with E-state index in [1.54, 1.807) is 13.2 Å². The number of phenols is 1. The van der Waals surface area contributed by atoms with Gasteiger partial charge in [0.2, 0.25) is 0 Å². The predicted octanol–water partition coefficient (Wildman–Crippen LogP) is 0.802. The monoisotopic (exact) mass is 258 g/mol. The van der Waals surface area contributed by atoms with Crippen molar-refractivity contribution in [2.75, 3.05) is 7.11 Å². The Kier molecular flexibility index (Phi) is 3.05.